The summed E-state index contributed by atoms with van der Waals surface area (Å²) >= 11 is 6.98. The zero-order valence-corrected chi connectivity index (χ0v) is 13.3. The van der Waals surface area contributed by atoms with E-state index < -0.39 is 11.9 Å². The summed E-state index contributed by atoms with van der Waals surface area (Å²) in [5.74, 6) is -1.06. The molecular formula is C14H13ClN4O3S. The van der Waals surface area contributed by atoms with Crippen LogP contribution >= 0.6 is 22.9 Å². The van der Waals surface area contributed by atoms with Gasteiger partial charge in [-0.3, -0.25) is 14.9 Å². The number of carbonyl (C=O) groups is 3. The minimum atomic E-state index is -0.830. The number of hydrogen-bond acceptors (Lipinski definition) is 4. The monoisotopic (exact) mass is 352 g/mol. The predicted molar refractivity (Wildman–Crippen MR) is 89.8 cm³/mol. The van der Waals surface area contributed by atoms with E-state index in [9.17, 15) is 14.4 Å². The summed E-state index contributed by atoms with van der Waals surface area (Å²) in [4.78, 5) is 34.3. The smallest absolute Gasteiger partial charge is 0.317 e. The molecule has 120 valence electrons. The molecule has 0 aliphatic carbocycles. The van der Waals surface area contributed by atoms with Crippen molar-refractivity contribution < 1.29 is 14.4 Å². The molecule has 0 atom stereocenters. The quantitative estimate of drug-likeness (QED) is 0.658. The first kappa shape index (κ1) is 16.8. The van der Waals surface area contributed by atoms with Gasteiger partial charge >= 0.3 is 6.03 Å². The second-order valence-corrected chi connectivity index (χ2v) is 5.98. The standard InChI is InChI=1S/C14H13ClN4O3S/c15-9-4-2-1-3-7(9)5-10(20)18-11-6-8(12(16)21)13(23-11)19-14(17)22/h1-4,6H,5H2,(H2,16,21)(H,18,20)(H3,17,19,22). The zero-order valence-electron chi connectivity index (χ0n) is 11.8. The van der Waals surface area contributed by atoms with Crippen LogP contribution in [0.1, 0.15) is 15.9 Å². The Morgan fingerprint density at radius 3 is 2.43 bits per heavy atom. The zero-order chi connectivity index (χ0) is 17.0. The fourth-order valence-electron chi connectivity index (χ4n) is 1.84. The van der Waals surface area contributed by atoms with E-state index in [1.54, 1.807) is 24.3 Å². The summed E-state index contributed by atoms with van der Waals surface area (Å²) in [6.07, 6.45) is 0.0715. The van der Waals surface area contributed by atoms with Gasteiger partial charge in [0.15, 0.2) is 0 Å². The summed E-state index contributed by atoms with van der Waals surface area (Å²) in [6.45, 7) is 0. The Labute approximate surface area is 140 Å². The second kappa shape index (κ2) is 7.12. The first-order valence-corrected chi connectivity index (χ1v) is 7.59. The minimum absolute atomic E-state index is 0.0712. The molecule has 0 saturated carbocycles. The Morgan fingerprint density at radius 2 is 1.83 bits per heavy atom. The highest BCUT2D eigenvalue weighted by Gasteiger charge is 2.16. The second-order valence-electron chi connectivity index (χ2n) is 4.52. The van der Waals surface area contributed by atoms with Gasteiger partial charge in [-0.15, -0.1) is 0 Å². The lowest BCUT2D eigenvalue weighted by atomic mass is 10.1. The number of anilines is 2. The topological polar surface area (TPSA) is 127 Å². The fraction of sp³-hybridized carbons (Fsp3) is 0.0714. The maximum atomic E-state index is 12.1. The van der Waals surface area contributed by atoms with Crippen molar-refractivity contribution in [3.8, 4) is 0 Å². The number of nitrogens with one attached hydrogen (secondary N) is 2. The van der Waals surface area contributed by atoms with Crippen molar-refractivity contribution in [2.24, 2.45) is 11.5 Å². The van der Waals surface area contributed by atoms with Gasteiger partial charge in [0, 0.05) is 5.02 Å². The third-order valence-corrected chi connectivity index (χ3v) is 4.14. The van der Waals surface area contributed by atoms with Crippen LogP contribution in [0.3, 0.4) is 0 Å². The van der Waals surface area contributed by atoms with E-state index in [2.05, 4.69) is 10.6 Å². The van der Waals surface area contributed by atoms with Crippen LogP contribution in [0.4, 0.5) is 14.8 Å². The van der Waals surface area contributed by atoms with Crippen molar-refractivity contribution >= 4 is 50.8 Å². The molecular weight excluding hydrogens is 340 g/mol. The molecule has 6 N–H and O–H groups in total. The molecule has 0 aliphatic heterocycles. The van der Waals surface area contributed by atoms with Crippen LogP contribution in [0.2, 0.25) is 5.02 Å². The predicted octanol–water partition coefficient (Wildman–Crippen LogP) is 2.17. The summed E-state index contributed by atoms with van der Waals surface area (Å²) in [6, 6.07) is 7.52. The van der Waals surface area contributed by atoms with Crippen LogP contribution in [0.15, 0.2) is 30.3 Å². The Bertz CT molecular complexity index is 775. The SMILES string of the molecule is NC(=O)Nc1sc(NC(=O)Cc2ccccc2Cl)cc1C(N)=O. The van der Waals surface area contributed by atoms with E-state index in [1.807, 2.05) is 0 Å². The number of primary amides is 2. The molecule has 4 amide bonds. The lowest BCUT2D eigenvalue weighted by molar-refractivity contribution is -0.115. The van der Waals surface area contributed by atoms with Gasteiger partial charge in [-0.2, -0.15) is 0 Å². The Morgan fingerprint density at radius 1 is 1.13 bits per heavy atom. The average molecular weight is 353 g/mol. The van der Waals surface area contributed by atoms with Gasteiger partial charge in [0.25, 0.3) is 5.91 Å². The van der Waals surface area contributed by atoms with Crippen LogP contribution in [0.5, 0.6) is 0 Å². The van der Waals surface area contributed by atoms with Crippen molar-refractivity contribution in [1.29, 1.82) is 0 Å². The number of thiophene rings is 1. The van der Waals surface area contributed by atoms with Gasteiger partial charge < -0.3 is 16.8 Å². The Balaban J connectivity index is 2.13. The highest BCUT2D eigenvalue weighted by Crippen LogP contribution is 2.32. The molecule has 0 bridgehead atoms. The lowest BCUT2D eigenvalue weighted by Gasteiger charge is -2.04. The van der Waals surface area contributed by atoms with Crippen LogP contribution in [-0.4, -0.2) is 17.8 Å². The fourth-order valence-corrected chi connectivity index (χ4v) is 3.02. The van der Waals surface area contributed by atoms with Gasteiger partial charge in [-0.25, -0.2) is 4.79 Å². The maximum Gasteiger partial charge on any atom is 0.317 e. The summed E-state index contributed by atoms with van der Waals surface area (Å²) in [5, 5.41) is 5.95. The average Bonchev–Trinajstić information content (AvgIpc) is 2.83. The largest absolute Gasteiger partial charge is 0.366 e. The molecule has 9 heteroatoms. The Kier molecular flexibility index (Phi) is 5.20. The van der Waals surface area contributed by atoms with Crippen LogP contribution in [-0.2, 0) is 11.2 Å². The highest BCUT2D eigenvalue weighted by atomic mass is 35.5. The van der Waals surface area contributed by atoms with Gasteiger partial charge in [0.2, 0.25) is 5.91 Å². The first-order valence-electron chi connectivity index (χ1n) is 6.40. The summed E-state index contributed by atoms with van der Waals surface area (Å²) in [5.41, 5.74) is 11.0. The Hall–Kier alpha value is -2.58. The maximum absolute atomic E-state index is 12.1. The van der Waals surface area contributed by atoms with Crippen molar-refractivity contribution in [2.45, 2.75) is 6.42 Å². The molecule has 0 spiro atoms. The molecule has 1 aromatic carbocycles. The molecule has 0 saturated heterocycles. The van der Waals surface area contributed by atoms with E-state index in [0.29, 0.717) is 15.6 Å². The third kappa shape index (κ3) is 4.44. The van der Waals surface area contributed by atoms with Crippen LogP contribution < -0.4 is 22.1 Å². The first-order chi connectivity index (χ1) is 10.9. The number of benzene rings is 1. The number of amides is 4. The number of hydrogen-bond donors (Lipinski definition) is 4. The number of halogens is 1. The lowest BCUT2D eigenvalue weighted by Crippen LogP contribution is -2.21. The molecule has 0 unspecified atom stereocenters. The molecule has 23 heavy (non-hydrogen) atoms. The van der Waals surface area contributed by atoms with Gasteiger partial charge in [-0.05, 0) is 17.7 Å². The van der Waals surface area contributed by atoms with Crippen LogP contribution in [0.25, 0.3) is 0 Å². The number of rotatable bonds is 5. The molecule has 1 heterocycles. The van der Waals surface area contributed by atoms with Crippen molar-refractivity contribution in [3.63, 3.8) is 0 Å². The molecule has 2 aromatic rings. The number of carbonyl (C=O) groups excluding carboxylic acids is 3. The highest BCUT2D eigenvalue weighted by molar-refractivity contribution is 7.20. The minimum Gasteiger partial charge on any atom is -0.366 e. The third-order valence-electron chi connectivity index (χ3n) is 2.81. The van der Waals surface area contributed by atoms with Gasteiger partial charge in [0.05, 0.1) is 17.0 Å². The van der Waals surface area contributed by atoms with Crippen LogP contribution in [0, 0.1) is 0 Å². The van der Waals surface area contributed by atoms with E-state index in [1.165, 1.54) is 6.07 Å². The van der Waals surface area contributed by atoms with E-state index in [4.69, 9.17) is 23.1 Å². The number of urea groups is 1. The normalized spacial score (nSPS) is 10.1. The summed E-state index contributed by atoms with van der Waals surface area (Å²) in [7, 11) is 0. The van der Waals surface area contributed by atoms with Crippen molar-refractivity contribution in [1.82, 2.24) is 0 Å². The molecule has 0 fully saturated rings. The van der Waals surface area contributed by atoms with Crippen molar-refractivity contribution in [2.75, 3.05) is 10.6 Å². The van der Waals surface area contributed by atoms with E-state index >= 15 is 0 Å². The molecule has 0 aliphatic rings. The molecule has 0 radical (unpaired) electrons. The van der Waals surface area contributed by atoms with Gasteiger partial charge in [-0.1, -0.05) is 41.1 Å². The van der Waals surface area contributed by atoms with E-state index in [0.717, 1.165) is 11.3 Å². The molecule has 1 aromatic heterocycles. The molecule has 7 nitrogen and oxygen atoms in total. The van der Waals surface area contributed by atoms with E-state index in [-0.39, 0.29) is 22.9 Å². The van der Waals surface area contributed by atoms with Gasteiger partial charge in [0.1, 0.15) is 5.00 Å². The molecule has 2 rings (SSSR count). The number of nitrogens with two attached hydrogens (primary N) is 2. The summed E-state index contributed by atoms with van der Waals surface area (Å²) < 4.78 is 0. The van der Waals surface area contributed by atoms with Crippen molar-refractivity contribution in [3.05, 3.63) is 46.5 Å².